The van der Waals surface area contributed by atoms with E-state index in [0.29, 0.717) is 0 Å². The fraction of sp³-hybridized carbons (Fsp3) is 0.385. The van der Waals surface area contributed by atoms with E-state index in [0.717, 1.165) is 41.8 Å². The molecule has 32 heavy (non-hydrogen) atoms. The summed E-state index contributed by atoms with van der Waals surface area (Å²) in [6.07, 6.45) is 5.30. The molecule has 0 bridgehead atoms. The Balaban J connectivity index is 1.68. The average molecular weight is 451 g/mol. The molecule has 0 saturated heterocycles. The van der Waals surface area contributed by atoms with Crippen LogP contribution in [0, 0.1) is 5.92 Å². The number of halogens is 1. The number of fused-ring (bicyclic) bond motifs is 1. The zero-order chi connectivity index (χ0) is 22.8. The van der Waals surface area contributed by atoms with Crippen molar-refractivity contribution in [3.05, 3.63) is 65.2 Å². The summed E-state index contributed by atoms with van der Waals surface area (Å²) in [5.74, 6) is -0.0285. The van der Waals surface area contributed by atoms with Gasteiger partial charge in [-0.3, -0.25) is 4.79 Å². The highest BCUT2D eigenvalue weighted by molar-refractivity contribution is 6.27. The molecule has 0 radical (unpaired) electrons. The van der Waals surface area contributed by atoms with Crippen LogP contribution in [0.1, 0.15) is 36.4 Å². The molecule has 2 aromatic carbocycles. The Hall–Kier alpha value is -2.79. The second-order valence-corrected chi connectivity index (χ2v) is 9.21. The number of allylic oxidation sites excluding steroid dienone is 1. The van der Waals surface area contributed by atoms with E-state index in [1.54, 1.807) is 5.01 Å². The van der Waals surface area contributed by atoms with Gasteiger partial charge in [0.05, 0.1) is 11.8 Å². The molecule has 0 aromatic heterocycles. The quantitative estimate of drug-likeness (QED) is 0.589. The van der Waals surface area contributed by atoms with Gasteiger partial charge in [-0.2, -0.15) is 5.10 Å². The summed E-state index contributed by atoms with van der Waals surface area (Å²) in [5.41, 5.74) is 6.82. The maximum absolute atomic E-state index is 12.7. The summed E-state index contributed by atoms with van der Waals surface area (Å²) in [6, 6.07) is 16.9. The van der Waals surface area contributed by atoms with Crippen LogP contribution in [0.4, 0.5) is 11.4 Å². The minimum Gasteiger partial charge on any atom is -0.378 e. The van der Waals surface area contributed by atoms with Gasteiger partial charge in [-0.1, -0.05) is 24.3 Å². The van der Waals surface area contributed by atoms with Crippen molar-refractivity contribution in [3.63, 3.8) is 0 Å². The van der Waals surface area contributed by atoms with E-state index in [2.05, 4.69) is 64.4 Å². The number of hydrazone groups is 1. The maximum atomic E-state index is 12.7. The first kappa shape index (κ1) is 22.4. The number of alkyl halides is 1. The third kappa shape index (κ3) is 4.40. The minimum atomic E-state index is -0.148. The van der Waals surface area contributed by atoms with Gasteiger partial charge in [-0.15, -0.1) is 11.6 Å². The van der Waals surface area contributed by atoms with Gasteiger partial charge in [0.2, 0.25) is 0 Å². The summed E-state index contributed by atoms with van der Waals surface area (Å²) < 4.78 is 0. The third-order valence-electron chi connectivity index (χ3n) is 6.37. The third-order valence-corrected chi connectivity index (χ3v) is 6.60. The number of hydrogen-bond acceptors (Lipinski definition) is 4. The summed E-state index contributed by atoms with van der Waals surface area (Å²) in [6.45, 7) is 0. The number of benzene rings is 2. The minimum absolute atomic E-state index is 0.0686. The summed E-state index contributed by atoms with van der Waals surface area (Å²) in [5, 5.41) is 6.48. The molecule has 1 saturated carbocycles. The van der Waals surface area contributed by atoms with Crippen LogP contribution in [0.25, 0.3) is 6.08 Å². The Kier molecular flexibility index (Phi) is 6.56. The predicted molar refractivity (Wildman–Crippen MR) is 135 cm³/mol. The van der Waals surface area contributed by atoms with Crippen molar-refractivity contribution < 1.29 is 4.79 Å². The molecule has 2 aromatic rings. The van der Waals surface area contributed by atoms with Gasteiger partial charge >= 0.3 is 0 Å². The largest absolute Gasteiger partial charge is 0.378 e. The van der Waals surface area contributed by atoms with Crippen molar-refractivity contribution in [1.82, 2.24) is 5.01 Å². The van der Waals surface area contributed by atoms with Crippen LogP contribution in [0.2, 0.25) is 0 Å². The Labute approximate surface area is 196 Å². The number of hydrogen-bond donors (Lipinski definition) is 0. The molecule has 0 spiro atoms. The second kappa shape index (κ2) is 9.37. The molecule has 2 unspecified atom stereocenters. The smallest absolute Gasteiger partial charge is 0.258 e. The lowest BCUT2D eigenvalue weighted by Crippen LogP contribution is -2.32. The summed E-state index contributed by atoms with van der Waals surface area (Å²) >= 11 is 5.97. The molecule has 1 aliphatic carbocycles. The van der Waals surface area contributed by atoms with Gasteiger partial charge in [-0.05, 0) is 66.3 Å². The zero-order valence-electron chi connectivity index (χ0n) is 19.3. The number of carbonyl (C=O) groups is 1. The summed E-state index contributed by atoms with van der Waals surface area (Å²) in [7, 11) is 8.14. The lowest BCUT2D eigenvalue weighted by Gasteiger charge is -2.29. The molecule has 1 amide bonds. The van der Waals surface area contributed by atoms with E-state index < -0.39 is 0 Å². The number of carbonyl (C=O) groups excluding carboxylic acids is 1. The second-order valence-electron chi connectivity index (χ2n) is 8.94. The van der Waals surface area contributed by atoms with Gasteiger partial charge in [-0.25, -0.2) is 5.01 Å². The van der Waals surface area contributed by atoms with E-state index in [9.17, 15) is 4.79 Å². The first-order chi connectivity index (χ1) is 15.4. The monoisotopic (exact) mass is 450 g/mol. The fourth-order valence-corrected chi connectivity index (χ4v) is 4.76. The van der Waals surface area contributed by atoms with E-state index in [1.165, 1.54) is 11.3 Å². The number of amides is 1. The maximum Gasteiger partial charge on any atom is 0.258 e. The van der Waals surface area contributed by atoms with Gasteiger partial charge in [0, 0.05) is 45.5 Å². The molecule has 1 heterocycles. The molecular formula is C26H31ClN4O. The number of rotatable bonds is 5. The SMILES string of the molecule is CN(C)c1ccc(/C=C2/CCCC3C2=NN(C(=O)CCl)C3c2ccc(N(C)C)cc2)cc1. The van der Waals surface area contributed by atoms with E-state index in [1.807, 2.05) is 28.2 Å². The molecule has 4 rings (SSSR count). The van der Waals surface area contributed by atoms with Gasteiger partial charge in [0.1, 0.15) is 5.88 Å². The van der Waals surface area contributed by atoms with E-state index in [4.69, 9.17) is 16.7 Å². The van der Waals surface area contributed by atoms with E-state index in [-0.39, 0.29) is 23.7 Å². The highest BCUT2D eigenvalue weighted by Gasteiger charge is 2.43. The Morgan fingerprint density at radius 2 is 1.62 bits per heavy atom. The van der Waals surface area contributed by atoms with Crippen molar-refractivity contribution in [2.24, 2.45) is 11.0 Å². The topological polar surface area (TPSA) is 39.1 Å². The lowest BCUT2D eigenvalue weighted by atomic mass is 9.77. The molecule has 1 aliphatic heterocycles. The first-order valence-electron chi connectivity index (χ1n) is 11.1. The highest BCUT2D eigenvalue weighted by Crippen LogP contribution is 2.44. The fourth-order valence-electron chi connectivity index (χ4n) is 4.64. The molecule has 1 fully saturated rings. The highest BCUT2D eigenvalue weighted by atomic mass is 35.5. The van der Waals surface area contributed by atoms with Crippen molar-refractivity contribution in [1.29, 1.82) is 0 Å². The number of nitrogens with zero attached hydrogens (tertiary/aromatic N) is 4. The van der Waals surface area contributed by atoms with Crippen LogP contribution in [-0.2, 0) is 4.79 Å². The van der Waals surface area contributed by atoms with Crippen LogP contribution in [0.3, 0.4) is 0 Å². The molecule has 5 nitrogen and oxygen atoms in total. The van der Waals surface area contributed by atoms with Crippen LogP contribution in [-0.4, -0.2) is 50.7 Å². The first-order valence-corrected chi connectivity index (χ1v) is 11.6. The Morgan fingerprint density at radius 3 is 2.19 bits per heavy atom. The van der Waals surface area contributed by atoms with Crippen LogP contribution < -0.4 is 9.80 Å². The summed E-state index contributed by atoms with van der Waals surface area (Å²) in [4.78, 5) is 16.9. The average Bonchev–Trinajstić information content (AvgIpc) is 3.19. The van der Waals surface area contributed by atoms with Crippen molar-refractivity contribution >= 4 is 40.7 Å². The van der Waals surface area contributed by atoms with Crippen LogP contribution in [0.5, 0.6) is 0 Å². The molecule has 6 heteroatoms. The predicted octanol–water partition coefficient (Wildman–Crippen LogP) is 5.18. The van der Waals surface area contributed by atoms with Crippen molar-refractivity contribution in [3.8, 4) is 0 Å². The van der Waals surface area contributed by atoms with Crippen molar-refractivity contribution in [2.45, 2.75) is 25.3 Å². The van der Waals surface area contributed by atoms with Crippen LogP contribution >= 0.6 is 11.6 Å². The van der Waals surface area contributed by atoms with E-state index >= 15 is 0 Å². The van der Waals surface area contributed by atoms with Crippen molar-refractivity contribution in [2.75, 3.05) is 43.9 Å². The Morgan fingerprint density at radius 1 is 1.03 bits per heavy atom. The standard InChI is InChI=1S/C26H31ClN4O/c1-29(2)21-12-8-18(9-13-21)16-20-6-5-7-23-25(20)28-31(24(32)17-27)26(23)19-10-14-22(15-11-19)30(3)4/h8-16,23,26H,5-7,17H2,1-4H3/b20-16-. The molecular weight excluding hydrogens is 420 g/mol. The lowest BCUT2D eigenvalue weighted by molar-refractivity contribution is -0.130. The molecule has 2 atom stereocenters. The Bertz CT molecular complexity index is 1020. The zero-order valence-corrected chi connectivity index (χ0v) is 20.0. The molecule has 0 N–H and O–H groups in total. The normalized spacial score (nSPS) is 21.3. The van der Waals surface area contributed by atoms with Gasteiger partial charge in [0.15, 0.2) is 0 Å². The molecule has 2 aliphatic rings. The van der Waals surface area contributed by atoms with Crippen LogP contribution in [0.15, 0.2) is 59.2 Å². The van der Waals surface area contributed by atoms with Gasteiger partial charge in [0.25, 0.3) is 5.91 Å². The number of anilines is 2. The molecule has 168 valence electrons. The van der Waals surface area contributed by atoms with Gasteiger partial charge < -0.3 is 9.80 Å².